The number of aliphatic hydroxyl groups is 1. The van der Waals surface area contributed by atoms with Gasteiger partial charge in [-0.1, -0.05) is 104 Å². The second kappa shape index (κ2) is 14.4. The van der Waals surface area contributed by atoms with Crippen molar-refractivity contribution in [2.24, 2.45) is 112 Å². The maximum atomic E-state index is 12.7. The van der Waals surface area contributed by atoms with E-state index in [-0.39, 0.29) is 28.1 Å². The van der Waals surface area contributed by atoms with Gasteiger partial charge in [0, 0.05) is 31.3 Å². The third-order valence-corrected chi connectivity index (χ3v) is 27.5. The highest BCUT2D eigenvalue weighted by molar-refractivity contribution is 5.83. The molecule has 0 saturated heterocycles. The first-order chi connectivity index (χ1) is 29.0. The van der Waals surface area contributed by atoms with Crippen molar-refractivity contribution in [3.8, 4) is 0 Å². The normalized spacial score (nSPS) is 57.8. The number of fused-ring (bicyclic) bond motifs is 14. The molecule has 0 aromatic heterocycles. The van der Waals surface area contributed by atoms with E-state index in [9.17, 15) is 14.7 Å². The second-order valence-corrected chi connectivity index (χ2v) is 30.5. The van der Waals surface area contributed by atoms with Crippen LogP contribution in [0.2, 0.25) is 0 Å². The zero-order valence-corrected chi connectivity index (χ0v) is 44.1. The number of carbonyl (C=O) groups excluding carboxylic acids is 2. The van der Waals surface area contributed by atoms with Gasteiger partial charge in [0.15, 0.2) is 0 Å². The van der Waals surface area contributed by atoms with Crippen LogP contribution in [0.4, 0.5) is 0 Å². The van der Waals surface area contributed by atoms with Gasteiger partial charge in [-0.3, -0.25) is 9.59 Å². The van der Waals surface area contributed by atoms with Crippen LogP contribution < -0.4 is 0 Å². The summed E-state index contributed by atoms with van der Waals surface area (Å²) >= 11 is 0. The summed E-state index contributed by atoms with van der Waals surface area (Å²) in [5.74, 6) is 6.11. The monoisotopic (exact) mass is 869 g/mol. The first-order valence-corrected chi connectivity index (χ1v) is 27.7. The third kappa shape index (κ3) is 6.21. The average molecular weight is 869 g/mol. The standard InChI is InChI=1S/C30H50O2.C30H50O/c1-20-21(32)8-9-22-26(20,4)11-10-23-27(22,5)13-14-29(7)24-18-25(2,3)12-16-30(24,19-31)17-15-28(23,29)6;1-20-21(31)9-10-22-27(20,5)12-11-23-28(22,6)16-18-30(8)24-19-25(2,3)13-14-26(24,4)15-17-29(23,30)7/h20,22-24,31H,8-19H2,1-7H3;20,22-24H,9-19H2,1-8H3/t20-,22+,23?,24?,26+,27-,28+,29-,30+;20-,22+,23?,24?,26+,27+,28-,29+,30-/m00/s1. The van der Waals surface area contributed by atoms with Crippen LogP contribution in [0.3, 0.4) is 0 Å². The fourth-order valence-corrected chi connectivity index (χ4v) is 22.4. The zero-order chi connectivity index (χ0) is 46.0. The molecule has 0 amide bonds. The molecule has 0 spiro atoms. The smallest absolute Gasteiger partial charge is 0.136 e. The van der Waals surface area contributed by atoms with Crippen molar-refractivity contribution in [1.82, 2.24) is 0 Å². The number of hydrogen-bond acceptors (Lipinski definition) is 3. The molecule has 0 aromatic rings. The topological polar surface area (TPSA) is 54.4 Å². The molecule has 18 atom stereocenters. The highest BCUT2D eigenvalue weighted by atomic mass is 16.3. The minimum Gasteiger partial charge on any atom is -0.396 e. The molecule has 63 heavy (non-hydrogen) atoms. The molecular formula is C60H100O3. The van der Waals surface area contributed by atoms with Crippen molar-refractivity contribution in [2.75, 3.05) is 6.61 Å². The predicted molar refractivity (Wildman–Crippen MR) is 261 cm³/mol. The van der Waals surface area contributed by atoms with Gasteiger partial charge < -0.3 is 5.11 Å². The van der Waals surface area contributed by atoms with Crippen LogP contribution >= 0.6 is 0 Å². The molecule has 10 aliphatic carbocycles. The molecule has 1 N–H and O–H groups in total. The van der Waals surface area contributed by atoms with Crippen LogP contribution in [0.5, 0.6) is 0 Å². The minimum atomic E-state index is 0.159. The van der Waals surface area contributed by atoms with E-state index in [2.05, 4.69) is 104 Å². The Hall–Kier alpha value is -0.700. The Morgan fingerprint density at radius 3 is 1.24 bits per heavy atom. The van der Waals surface area contributed by atoms with Gasteiger partial charge in [0.1, 0.15) is 11.6 Å². The van der Waals surface area contributed by atoms with Gasteiger partial charge in [0.2, 0.25) is 0 Å². The Morgan fingerprint density at radius 2 is 0.762 bits per heavy atom. The molecule has 10 saturated carbocycles. The molecule has 0 bridgehead atoms. The maximum absolute atomic E-state index is 12.7. The van der Waals surface area contributed by atoms with Crippen molar-refractivity contribution in [3.05, 3.63) is 0 Å². The predicted octanol–water partition coefficient (Wildman–Crippen LogP) is 15.9. The molecule has 0 aromatic carbocycles. The summed E-state index contributed by atoms with van der Waals surface area (Å²) < 4.78 is 0. The summed E-state index contributed by atoms with van der Waals surface area (Å²) in [5.41, 5.74) is 4.46. The van der Waals surface area contributed by atoms with E-state index >= 15 is 0 Å². The van der Waals surface area contributed by atoms with E-state index in [4.69, 9.17) is 0 Å². The molecule has 358 valence electrons. The number of ketones is 2. The van der Waals surface area contributed by atoms with Crippen molar-refractivity contribution >= 4 is 11.6 Å². The van der Waals surface area contributed by atoms with E-state index in [1.165, 1.54) is 116 Å². The molecule has 4 unspecified atom stereocenters. The van der Waals surface area contributed by atoms with Crippen LogP contribution in [-0.2, 0) is 9.59 Å². The van der Waals surface area contributed by atoms with Gasteiger partial charge in [0.05, 0.1) is 0 Å². The molecule has 0 radical (unpaired) electrons. The second-order valence-electron chi connectivity index (χ2n) is 30.5. The van der Waals surface area contributed by atoms with Gasteiger partial charge in [-0.05, 0) is 229 Å². The Bertz CT molecular complexity index is 1840. The first-order valence-electron chi connectivity index (χ1n) is 27.7. The summed E-state index contributed by atoms with van der Waals surface area (Å²) in [5, 5.41) is 10.7. The summed E-state index contributed by atoms with van der Waals surface area (Å²) in [6.07, 6.45) is 28.0. The lowest BCUT2D eigenvalue weighted by Crippen LogP contribution is -2.68. The van der Waals surface area contributed by atoms with Crippen molar-refractivity contribution in [1.29, 1.82) is 0 Å². The molecule has 10 fully saturated rings. The van der Waals surface area contributed by atoms with Crippen LogP contribution in [0.25, 0.3) is 0 Å². The largest absolute Gasteiger partial charge is 0.396 e. The molecule has 3 heteroatoms. The molecule has 0 aliphatic heterocycles. The third-order valence-electron chi connectivity index (χ3n) is 27.5. The summed E-state index contributed by atoms with van der Waals surface area (Å²) in [6.45, 7) is 38.7. The van der Waals surface area contributed by atoms with Crippen LogP contribution in [0.1, 0.15) is 245 Å². The average Bonchev–Trinajstić information content (AvgIpc) is 3.21. The van der Waals surface area contributed by atoms with Crippen molar-refractivity contribution in [3.63, 3.8) is 0 Å². The van der Waals surface area contributed by atoms with E-state index in [1.807, 2.05) is 0 Å². The van der Waals surface area contributed by atoms with Crippen LogP contribution in [-0.4, -0.2) is 23.3 Å². The van der Waals surface area contributed by atoms with Crippen LogP contribution in [0, 0.1) is 112 Å². The number of rotatable bonds is 1. The first kappa shape index (κ1) is 47.4. The number of carbonyl (C=O) groups is 2. The van der Waals surface area contributed by atoms with Gasteiger partial charge in [-0.25, -0.2) is 0 Å². The van der Waals surface area contributed by atoms with E-state index < -0.39 is 0 Å². The highest BCUT2D eigenvalue weighted by Gasteiger charge is 2.73. The number of Topliss-reactive ketones (excluding diaryl/α,β-unsaturated/α-hetero) is 2. The molecular weight excluding hydrogens is 769 g/mol. The fraction of sp³-hybridized carbons (Fsp3) is 0.967. The lowest BCUT2D eigenvalue weighted by Gasteiger charge is -2.75. The van der Waals surface area contributed by atoms with E-state index in [1.54, 1.807) is 0 Å². The fourth-order valence-electron chi connectivity index (χ4n) is 22.4. The van der Waals surface area contributed by atoms with Gasteiger partial charge in [0.25, 0.3) is 0 Å². The Kier molecular flexibility index (Phi) is 10.8. The van der Waals surface area contributed by atoms with Gasteiger partial charge in [-0.15, -0.1) is 0 Å². The lowest BCUT2D eigenvalue weighted by molar-refractivity contribution is -0.263. The van der Waals surface area contributed by atoms with Crippen LogP contribution in [0.15, 0.2) is 0 Å². The van der Waals surface area contributed by atoms with E-state index in [0.29, 0.717) is 78.7 Å². The van der Waals surface area contributed by atoms with Gasteiger partial charge >= 0.3 is 0 Å². The number of hydrogen-bond donors (Lipinski definition) is 1. The van der Waals surface area contributed by atoms with Gasteiger partial charge in [-0.2, -0.15) is 0 Å². The Balaban J connectivity index is 0.000000160. The van der Waals surface area contributed by atoms with Crippen molar-refractivity contribution in [2.45, 2.75) is 245 Å². The highest BCUT2D eigenvalue weighted by Crippen LogP contribution is 2.80. The maximum Gasteiger partial charge on any atom is 0.136 e. The number of aliphatic hydroxyl groups excluding tert-OH is 1. The SMILES string of the molecule is C[C@H]1C(=O)CC[C@@H]2[C@]1(C)CCC1[C@@]2(C)CC[C@@]2(C)C3CC(C)(C)CC[C@]3(C)CC[C@]12C.C[C@H]1C(=O)CC[C@@H]2[C@]1(C)CCC1[C@@]2(C)CC[C@@]2(C)C3CC(C)(C)CC[C@]3(CO)CC[C@]12C. The molecule has 0 heterocycles. The zero-order valence-electron chi connectivity index (χ0n) is 44.1. The van der Waals surface area contributed by atoms with Crippen molar-refractivity contribution < 1.29 is 14.7 Å². The molecule has 10 aliphatic rings. The molecule has 10 rings (SSSR count). The summed E-state index contributed by atoms with van der Waals surface area (Å²) in [6, 6.07) is 0. The quantitative estimate of drug-likeness (QED) is 0.286. The lowest BCUT2D eigenvalue weighted by atomic mass is 9.30. The summed E-state index contributed by atoms with van der Waals surface area (Å²) in [4.78, 5) is 25.4. The Morgan fingerprint density at radius 1 is 0.397 bits per heavy atom. The van der Waals surface area contributed by atoms with E-state index in [0.717, 1.165) is 49.4 Å². The Labute approximate surface area is 388 Å². The minimum absolute atomic E-state index is 0.159. The molecule has 3 nitrogen and oxygen atoms in total. The summed E-state index contributed by atoms with van der Waals surface area (Å²) in [7, 11) is 0.